The maximum absolute atomic E-state index is 12.6. The number of rotatable bonds is 2. The van der Waals surface area contributed by atoms with Crippen LogP contribution in [0.5, 0.6) is 0 Å². The maximum atomic E-state index is 12.6. The summed E-state index contributed by atoms with van der Waals surface area (Å²) in [7, 11) is 0. The molecule has 3 unspecified atom stereocenters. The summed E-state index contributed by atoms with van der Waals surface area (Å²) in [5.41, 5.74) is 1.21. The summed E-state index contributed by atoms with van der Waals surface area (Å²) in [5, 5.41) is 12.6. The van der Waals surface area contributed by atoms with Crippen molar-refractivity contribution in [1.29, 1.82) is 0 Å². The van der Waals surface area contributed by atoms with Gasteiger partial charge in [-0.2, -0.15) is 0 Å². The third-order valence-corrected chi connectivity index (χ3v) is 4.54. The molecule has 2 fully saturated rings. The lowest BCUT2D eigenvalue weighted by Gasteiger charge is -2.19. The molecule has 1 saturated carbocycles. The summed E-state index contributed by atoms with van der Waals surface area (Å²) >= 11 is 0. The van der Waals surface area contributed by atoms with Gasteiger partial charge in [-0.1, -0.05) is 6.07 Å². The van der Waals surface area contributed by atoms with Crippen LogP contribution in [0, 0.1) is 11.8 Å². The quantitative estimate of drug-likeness (QED) is 0.866. The van der Waals surface area contributed by atoms with Gasteiger partial charge in [-0.05, 0) is 37.0 Å². The van der Waals surface area contributed by atoms with Crippen molar-refractivity contribution in [2.45, 2.75) is 25.9 Å². The molecular formula is C16H20N2O3. The molecule has 3 rings (SSSR count). The van der Waals surface area contributed by atoms with Crippen LogP contribution in [0.1, 0.15) is 30.1 Å². The maximum Gasteiger partial charge on any atom is 0.253 e. The van der Waals surface area contributed by atoms with E-state index >= 15 is 0 Å². The molecule has 1 heterocycles. The van der Waals surface area contributed by atoms with Gasteiger partial charge < -0.3 is 15.3 Å². The number of anilines is 1. The number of hydrogen-bond acceptors (Lipinski definition) is 3. The standard InChI is InChI=1S/C16H20N2O3/c1-10(19)17-13-4-2-3-11(7-13)16(21)18-8-12-5-6-15(20)14(12)9-18/h2-4,7,12,14-15,20H,5-6,8-9H2,1H3,(H,17,19). The van der Waals surface area contributed by atoms with E-state index in [-0.39, 0.29) is 23.8 Å². The molecule has 0 spiro atoms. The Bertz CT molecular complexity index is 572. The molecule has 21 heavy (non-hydrogen) atoms. The van der Waals surface area contributed by atoms with Gasteiger partial charge in [0.25, 0.3) is 5.91 Å². The number of benzene rings is 1. The van der Waals surface area contributed by atoms with Crippen molar-refractivity contribution in [3.8, 4) is 0 Å². The fourth-order valence-corrected chi connectivity index (χ4v) is 3.52. The zero-order valence-electron chi connectivity index (χ0n) is 12.1. The number of aliphatic hydroxyl groups is 1. The fraction of sp³-hybridized carbons (Fsp3) is 0.500. The lowest BCUT2D eigenvalue weighted by Crippen LogP contribution is -2.31. The first-order chi connectivity index (χ1) is 10.0. The number of aliphatic hydroxyl groups excluding tert-OH is 1. The highest BCUT2D eigenvalue weighted by atomic mass is 16.3. The molecule has 1 aromatic carbocycles. The molecule has 112 valence electrons. The van der Waals surface area contributed by atoms with Gasteiger partial charge in [-0.25, -0.2) is 0 Å². The van der Waals surface area contributed by atoms with E-state index in [1.165, 1.54) is 6.92 Å². The fourth-order valence-electron chi connectivity index (χ4n) is 3.52. The predicted octanol–water partition coefficient (Wildman–Crippen LogP) is 1.49. The predicted molar refractivity (Wildman–Crippen MR) is 78.9 cm³/mol. The normalized spacial score (nSPS) is 27.5. The Morgan fingerprint density at radius 3 is 2.81 bits per heavy atom. The first-order valence-electron chi connectivity index (χ1n) is 7.39. The van der Waals surface area contributed by atoms with Gasteiger partial charge in [0.15, 0.2) is 0 Å². The largest absolute Gasteiger partial charge is 0.393 e. The van der Waals surface area contributed by atoms with Gasteiger partial charge in [0, 0.05) is 37.2 Å². The number of carbonyl (C=O) groups excluding carboxylic acids is 2. The van der Waals surface area contributed by atoms with Crippen LogP contribution in [0.25, 0.3) is 0 Å². The second kappa shape index (κ2) is 5.48. The zero-order chi connectivity index (χ0) is 15.0. The molecule has 1 aliphatic heterocycles. The summed E-state index contributed by atoms with van der Waals surface area (Å²) in [4.78, 5) is 25.5. The molecule has 2 N–H and O–H groups in total. The highest BCUT2D eigenvalue weighted by molar-refractivity contribution is 5.97. The third-order valence-electron chi connectivity index (χ3n) is 4.54. The van der Waals surface area contributed by atoms with Crippen molar-refractivity contribution < 1.29 is 14.7 Å². The number of hydrogen-bond donors (Lipinski definition) is 2. The monoisotopic (exact) mass is 288 g/mol. The molecule has 3 atom stereocenters. The summed E-state index contributed by atoms with van der Waals surface area (Å²) < 4.78 is 0. The van der Waals surface area contributed by atoms with Crippen molar-refractivity contribution in [3.63, 3.8) is 0 Å². The van der Waals surface area contributed by atoms with E-state index in [2.05, 4.69) is 5.32 Å². The zero-order valence-corrected chi connectivity index (χ0v) is 12.1. The Morgan fingerprint density at radius 1 is 1.29 bits per heavy atom. The Morgan fingerprint density at radius 2 is 2.10 bits per heavy atom. The molecule has 2 amide bonds. The lowest BCUT2D eigenvalue weighted by molar-refractivity contribution is -0.114. The topological polar surface area (TPSA) is 69.6 Å². The number of amides is 2. The second-order valence-electron chi connectivity index (χ2n) is 6.04. The minimum absolute atomic E-state index is 0.0243. The highest BCUT2D eigenvalue weighted by Gasteiger charge is 2.43. The molecule has 1 saturated heterocycles. The van der Waals surface area contributed by atoms with Gasteiger partial charge in [0.05, 0.1) is 6.10 Å². The molecule has 0 aromatic heterocycles. The van der Waals surface area contributed by atoms with Crippen molar-refractivity contribution in [3.05, 3.63) is 29.8 Å². The van der Waals surface area contributed by atoms with Gasteiger partial charge in [-0.3, -0.25) is 9.59 Å². The molecule has 5 nitrogen and oxygen atoms in total. The Balaban J connectivity index is 1.72. The van der Waals surface area contributed by atoms with E-state index in [1.54, 1.807) is 24.3 Å². The Labute approximate surface area is 123 Å². The minimum Gasteiger partial charge on any atom is -0.393 e. The SMILES string of the molecule is CC(=O)Nc1cccc(C(=O)N2CC3CCC(O)C3C2)c1. The van der Waals surface area contributed by atoms with Crippen LogP contribution in [0.2, 0.25) is 0 Å². The van der Waals surface area contributed by atoms with E-state index in [1.807, 2.05) is 4.90 Å². The van der Waals surface area contributed by atoms with E-state index in [0.29, 0.717) is 23.7 Å². The van der Waals surface area contributed by atoms with Crippen LogP contribution in [0.4, 0.5) is 5.69 Å². The third kappa shape index (κ3) is 2.78. The van der Waals surface area contributed by atoms with E-state index < -0.39 is 0 Å². The van der Waals surface area contributed by atoms with Gasteiger partial charge >= 0.3 is 0 Å². The smallest absolute Gasteiger partial charge is 0.253 e. The minimum atomic E-state index is -0.265. The summed E-state index contributed by atoms with van der Waals surface area (Å²) in [6, 6.07) is 7.00. The first-order valence-corrected chi connectivity index (χ1v) is 7.39. The first kappa shape index (κ1) is 14.1. The summed E-state index contributed by atoms with van der Waals surface area (Å²) in [6.07, 6.45) is 1.59. The van der Waals surface area contributed by atoms with Crippen LogP contribution in [-0.4, -0.2) is 41.0 Å². The lowest BCUT2D eigenvalue weighted by atomic mass is 10.00. The molecule has 1 aliphatic carbocycles. The highest BCUT2D eigenvalue weighted by Crippen LogP contribution is 2.38. The average molecular weight is 288 g/mol. The molecule has 0 bridgehead atoms. The second-order valence-corrected chi connectivity index (χ2v) is 6.04. The van der Waals surface area contributed by atoms with Crippen LogP contribution in [0.3, 0.4) is 0 Å². The molecular weight excluding hydrogens is 268 g/mol. The van der Waals surface area contributed by atoms with Crippen molar-refractivity contribution in [2.24, 2.45) is 11.8 Å². The van der Waals surface area contributed by atoms with Crippen LogP contribution in [0.15, 0.2) is 24.3 Å². The number of nitrogens with one attached hydrogen (secondary N) is 1. The summed E-state index contributed by atoms with van der Waals surface area (Å²) in [5.74, 6) is 0.484. The van der Waals surface area contributed by atoms with Gasteiger partial charge in [0.1, 0.15) is 0 Å². The van der Waals surface area contributed by atoms with E-state index in [4.69, 9.17) is 0 Å². The van der Waals surface area contributed by atoms with Crippen molar-refractivity contribution in [1.82, 2.24) is 4.90 Å². The molecule has 2 aliphatic rings. The average Bonchev–Trinajstić information content (AvgIpc) is 3.00. The van der Waals surface area contributed by atoms with Gasteiger partial charge in [-0.15, -0.1) is 0 Å². The number of likely N-dealkylation sites (tertiary alicyclic amines) is 1. The van der Waals surface area contributed by atoms with E-state index in [9.17, 15) is 14.7 Å². The van der Waals surface area contributed by atoms with Gasteiger partial charge in [0.2, 0.25) is 5.91 Å². The summed E-state index contributed by atoms with van der Waals surface area (Å²) in [6.45, 7) is 2.80. The Hall–Kier alpha value is -1.88. The van der Waals surface area contributed by atoms with Crippen LogP contribution < -0.4 is 5.32 Å². The number of carbonyl (C=O) groups is 2. The van der Waals surface area contributed by atoms with Crippen molar-refractivity contribution in [2.75, 3.05) is 18.4 Å². The Kier molecular flexibility index (Phi) is 3.68. The van der Waals surface area contributed by atoms with Crippen molar-refractivity contribution >= 4 is 17.5 Å². The van der Waals surface area contributed by atoms with Crippen LogP contribution >= 0.6 is 0 Å². The molecule has 5 heteroatoms. The molecule has 0 radical (unpaired) electrons. The number of fused-ring (bicyclic) bond motifs is 1. The van der Waals surface area contributed by atoms with E-state index in [0.717, 1.165) is 19.4 Å². The number of nitrogens with zero attached hydrogens (tertiary/aromatic N) is 1. The van der Waals surface area contributed by atoms with Crippen LogP contribution in [-0.2, 0) is 4.79 Å². The molecule has 1 aromatic rings.